The van der Waals surface area contributed by atoms with Gasteiger partial charge in [0.2, 0.25) is 0 Å². The van der Waals surface area contributed by atoms with Crippen molar-refractivity contribution in [2.45, 2.75) is 45.7 Å². The molecule has 0 radical (unpaired) electrons. The van der Waals surface area contributed by atoms with Crippen LogP contribution in [0.3, 0.4) is 0 Å². The van der Waals surface area contributed by atoms with Crippen molar-refractivity contribution >= 4 is 23.2 Å². The van der Waals surface area contributed by atoms with Crippen LogP contribution < -0.4 is 16.2 Å². The molecule has 11 heteroatoms. The highest BCUT2D eigenvalue weighted by Gasteiger charge is 2.27. The third-order valence-electron chi connectivity index (χ3n) is 6.79. The molecule has 3 N–H and O–H groups in total. The Morgan fingerprint density at radius 1 is 1.10 bits per heavy atom. The topological polar surface area (TPSA) is 118 Å². The summed E-state index contributed by atoms with van der Waals surface area (Å²) in [5.74, 6) is -4.79. The van der Waals surface area contributed by atoms with Gasteiger partial charge in [0.1, 0.15) is 28.9 Å². The van der Waals surface area contributed by atoms with E-state index in [1.807, 2.05) is 26.8 Å². The lowest BCUT2D eigenvalue weighted by molar-refractivity contribution is -0.139. The van der Waals surface area contributed by atoms with E-state index >= 15 is 0 Å². The van der Waals surface area contributed by atoms with Crippen molar-refractivity contribution in [1.29, 1.82) is 0 Å². The molecular weight excluding hydrogens is 508 g/mol. The first-order chi connectivity index (χ1) is 18.5. The molecule has 4 aromatic rings. The number of halogens is 2. The van der Waals surface area contributed by atoms with Gasteiger partial charge in [-0.2, -0.15) is 0 Å². The molecule has 0 spiro atoms. The van der Waals surface area contributed by atoms with Crippen LogP contribution in [0.25, 0.3) is 16.8 Å². The number of aliphatic carboxylic acids is 1. The Bertz CT molecular complexity index is 1610. The van der Waals surface area contributed by atoms with Gasteiger partial charge in [-0.25, -0.2) is 18.6 Å². The summed E-state index contributed by atoms with van der Waals surface area (Å²) in [6.07, 6.45) is 3.63. The molecule has 0 bridgehead atoms. The number of imidazole rings is 1. The van der Waals surface area contributed by atoms with Crippen LogP contribution in [0.15, 0.2) is 53.6 Å². The van der Waals surface area contributed by atoms with Crippen molar-refractivity contribution in [2.24, 2.45) is 7.05 Å². The van der Waals surface area contributed by atoms with E-state index in [4.69, 9.17) is 0 Å². The van der Waals surface area contributed by atoms with Gasteiger partial charge < -0.3 is 24.7 Å². The van der Waals surface area contributed by atoms with Gasteiger partial charge >= 0.3 is 5.97 Å². The molecule has 0 aliphatic carbocycles. The van der Waals surface area contributed by atoms with Gasteiger partial charge in [0.15, 0.2) is 0 Å². The number of nitrogens with zero attached hydrogens (tertiary/aromatic N) is 3. The summed E-state index contributed by atoms with van der Waals surface area (Å²) in [7, 11) is 1.67. The second-order valence-electron chi connectivity index (χ2n) is 9.45. The molecule has 204 valence electrons. The Hall–Kier alpha value is -4.54. The third-order valence-corrected chi connectivity index (χ3v) is 6.79. The number of amides is 1. The number of anilines is 1. The first-order valence-corrected chi connectivity index (χ1v) is 12.4. The number of aromatic nitrogens is 3. The fraction of sp³-hybridized carbons (Fsp3) is 0.286. The van der Waals surface area contributed by atoms with Crippen LogP contribution >= 0.6 is 0 Å². The van der Waals surface area contributed by atoms with Crippen LogP contribution in [0.4, 0.5) is 14.5 Å². The monoisotopic (exact) mass is 537 g/mol. The molecule has 0 saturated carbocycles. The number of rotatable bonds is 9. The van der Waals surface area contributed by atoms with Crippen LogP contribution in [0, 0.1) is 18.6 Å². The molecule has 3 aromatic heterocycles. The fourth-order valence-electron chi connectivity index (χ4n) is 4.28. The van der Waals surface area contributed by atoms with Gasteiger partial charge in [-0.1, -0.05) is 6.92 Å². The Kier molecular flexibility index (Phi) is 7.80. The lowest BCUT2D eigenvalue weighted by Gasteiger charge is -2.18. The molecule has 4 rings (SSSR count). The molecule has 1 amide bonds. The smallest absolute Gasteiger partial charge is 0.326 e. The minimum Gasteiger partial charge on any atom is -0.480 e. The number of hydrogen-bond acceptors (Lipinski definition) is 5. The quantitative estimate of drug-likeness (QED) is 0.298. The van der Waals surface area contributed by atoms with Crippen molar-refractivity contribution in [3.8, 4) is 11.1 Å². The highest BCUT2D eigenvalue weighted by Crippen LogP contribution is 2.24. The summed E-state index contributed by atoms with van der Waals surface area (Å²) in [5.41, 5.74) is 1.74. The van der Waals surface area contributed by atoms with Crippen LogP contribution in [0.2, 0.25) is 0 Å². The average Bonchev–Trinajstić information content (AvgIpc) is 3.37. The highest BCUT2D eigenvalue weighted by atomic mass is 19.1. The van der Waals surface area contributed by atoms with Gasteiger partial charge in [0.25, 0.3) is 11.5 Å². The second kappa shape index (κ2) is 11.1. The summed E-state index contributed by atoms with van der Waals surface area (Å²) in [5, 5.41) is 15.0. The summed E-state index contributed by atoms with van der Waals surface area (Å²) >= 11 is 0. The van der Waals surface area contributed by atoms with Crippen LogP contribution in [0.1, 0.15) is 42.0 Å². The largest absolute Gasteiger partial charge is 0.480 e. The molecule has 39 heavy (non-hydrogen) atoms. The van der Waals surface area contributed by atoms with Crippen LogP contribution in [-0.2, 0) is 18.3 Å². The van der Waals surface area contributed by atoms with E-state index in [2.05, 4.69) is 15.6 Å². The lowest BCUT2D eigenvalue weighted by Crippen LogP contribution is -2.43. The van der Waals surface area contributed by atoms with E-state index < -0.39 is 35.1 Å². The van der Waals surface area contributed by atoms with E-state index in [9.17, 15) is 28.3 Å². The standard InChI is InChI=1S/C28H29F2N5O4/c1-5-15(2)32-17-12-21(29)24(22(30)13-17)26(36)33-23(28(38)39)14-18-7-9-19(25-31-10-11-35(18)25)20-8-6-16(3)34(4)27(20)37/h6-13,15,23,32H,5,14H2,1-4H3,(H,33,36)(H,38,39)/t15-,23-/m0/s1. The van der Waals surface area contributed by atoms with E-state index in [1.54, 1.807) is 35.8 Å². The molecule has 0 aliphatic heterocycles. The zero-order valence-corrected chi connectivity index (χ0v) is 22.0. The van der Waals surface area contributed by atoms with Crippen molar-refractivity contribution in [3.05, 3.63) is 87.7 Å². The van der Waals surface area contributed by atoms with Crippen LogP contribution in [-0.4, -0.2) is 43.0 Å². The van der Waals surface area contributed by atoms with Crippen molar-refractivity contribution in [1.82, 2.24) is 19.3 Å². The number of nitrogens with one attached hydrogen (secondary N) is 2. The minimum atomic E-state index is -1.50. The Balaban J connectivity index is 1.62. The number of carbonyl (C=O) groups excluding carboxylic acids is 1. The normalized spacial score (nSPS) is 12.8. The van der Waals surface area contributed by atoms with Crippen molar-refractivity contribution in [2.75, 3.05) is 5.32 Å². The number of carboxylic acids is 1. The SMILES string of the molecule is CC[C@H](C)Nc1cc(F)c(C(=O)N[C@@H](Cc2ccc(-c3ccc(C)n(C)c3=O)c3nccn23)C(=O)O)c(F)c1. The third kappa shape index (κ3) is 5.52. The number of aryl methyl sites for hydroxylation is 1. The van der Waals surface area contributed by atoms with E-state index in [1.165, 1.54) is 10.8 Å². The molecule has 0 unspecified atom stereocenters. The average molecular weight is 538 g/mol. The lowest BCUT2D eigenvalue weighted by atomic mass is 10.0. The molecular formula is C28H29F2N5O4. The second-order valence-corrected chi connectivity index (χ2v) is 9.45. The highest BCUT2D eigenvalue weighted by molar-refractivity contribution is 5.97. The molecule has 1 aromatic carbocycles. The van der Waals surface area contributed by atoms with Crippen molar-refractivity contribution < 1.29 is 23.5 Å². The molecule has 9 nitrogen and oxygen atoms in total. The number of benzene rings is 1. The summed E-state index contributed by atoms with van der Waals surface area (Å²) in [6, 6.07) is 7.26. The number of pyridine rings is 2. The maximum absolute atomic E-state index is 14.7. The van der Waals surface area contributed by atoms with Gasteiger partial charge in [0.05, 0.1) is 5.56 Å². The predicted octanol–water partition coefficient (Wildman–Crippen LogP) is 3.92. The maximum atomic E-state index is 14.7. The maximum Gasteiger partial charge on any atom is 0.326 e. The first-order valence-electron chi connectivity index (χ1n) is 12.4. The Labute approximate surface area is 223 Å². The summed E-state index contributed by atoms with van der Waals surface area (Å²) in [6.45, 7) is 5.57. The molecule has 3 heterocycles. The molecule has 0 fully saturated rings. The Morgan fingerprint density at radius 3 is 2.41 bits per heavy atom. The summed E-state index contributed by atoms with van der Waals surface area (Å²) < 4.78 is 32.6. The van der Waals surface area contributed by atoms with E-state index in [0.717, 1.165) is 24.2 Å². The first kappa shape index (κ1) is 27.5. The van der Waals surface area contributed by atoms with Gasteiger partial charge in [-0.15, -0.1) is 0 Å². The number of hydrogen-bond donors (Lipinski definition) is 3. The summed E-state index contributed by atoms with van der Waals surface area (Å²) in [4.78, 5) is 42.0. The molecule has 0 aliphatic rings. The van der Waals surface area contributed by atoms with E-state index in [-0.39, 0.29) is 23.7 Å². The molecule has 2 atom stereocenters. The predicted molar refractivity (Wildman–Crippen MR) is 143 cm³/mol. The zero-order chi connectivity index (χ0) is 28.4. The van der Waals surface area contributed by atoms with E-state index in [0.29, 0.717) is 22.5 Å². The van der Waals surface area contributed by atoms with Crippen molar-refractivity contribution in [3.63, 3.8) is 0 Å². The van der Waals surface area contributed by atoms with Gasteiger partial charge in [0, 0.05) is 54.5 Å². The number of fused-ring (bicyclic) bond motifs is 1. The fourth-order valence-corrected chi connectivity index (χ4v) is 4.28. The molecule has 0 saturated heterocycles. The van der Waals surface area contributed by atoms with Crippen LogP contribution in [0.5, 0.6) is 0 Å². The Morgan fingerprint density at radius 2 is 1.77 bits per heavy atom. The van der Waals surface area contributed by atoms with Gasteiger partial charge in [-0.3, -0.25) is 9.59 Å². The number of carbonyl (C=O) groups is 2. The number of carboxylic acid groups (broad SMARTS) is 1. The minimum absolute atomic E-state index is 0.0414. The zero-order valence-electron chi connectivity index (χ0n) is 22.0. The van der Waals surface area contributed by atoms with Gasteiger partial charge in [-0.05, 0) is 56.7 Å².